The number of nitrogens with one attached hydrogen (secondary N) is 1. The van der Waals surface area contributed by atoms with Crippen molar-refractivity contribution in [2.24, 2.45) is 0 Å². The number of amides is 1. The number of aliphatic hydroxyl groups is 2. The molecule has 0 radical (unpaired) electrons. The molecule has 3 N–H and O–H groups in total. The lowest BCUT2D eigenvalue weighted by molar-refractivity contribution is -0.537. The van der Waals surface area contributed by atoms with E-state index in [0.717, 1.165) is 11.1 Å². The minimum absolute atomic E-state index is 0.241. The molecule has 0 fully saturated rings. The van der Waals surface area contributed by atoms with E-state index in [2.05, 4.69) is 5.32 Å². The number of aliphatic hydroxyl groups excluding tert-OH is 2. The number of hydrogen-bond acceptors (Lipinski definition) is 2. The Bertz CT molecular complexity index is 723. The molecule has 0 bridgehead atoms. The summed E-state index contributed by atoms with van der Waals surface area (Å²) in [5.74, 6) is -0.417. The molecule has 0 saturated heterocycles. The third-order valence-electron chi connectivity index (χ3n) is 3.91. The highest BCUT2D eigenvalue weighted by Gasteiger charge is 2.44. The summed E-state index contributed by atoms with van der Waals surface area (Å²) in [5.41, 5.74) is 2.75. The highest BCUT2D eigenvalue weighted by atomic mass is 16.3. The fraction of sp³-hybridized carbons (Fsp3) is 0.176. The van der Waals surface area contributed by atoms with Gasteiger partial charge >= 0.3 is 11.9 Å². The molecule has 2 atom stereocenters. The van der Waals surface area contributed by atoms with E-state index in [1.807, 2.05) is 42.5 Å². The van der Waals surface area contributed by atoms with Gasteiger partial charge in [-0.1, -0.05) is 54.6 Å². The summed E-state index contributed by atoms with van der Waals surface area (Å²) < 4.78 is 1.33. The molecular weight excluding hydrogens is 280 g/mol. The van der Waals surface area contributed by atoms with E-state index in [1.165, 1.54) is 4.58 Å². The lowest BCUT2D eigenvalue weighted by Crippen LogP contribution is -2.35. The zero-order chi connectivity index (χ0) is 15.7. The number of carbonyl (C=O) groups is 1. The molecule has 1 aliphatic rings. The molecule has 1 amide bonds. The predicted octanol–water partition coefficient (Wildman–Crippen LogP) is 1.44. The van der Waals surface area contributed by atoms with E-state index in [0.29, 0.717) is 5.56 Å². The molecule has 0 aliphatic carbocycles. The number of hydrogen-bond donors (Lipinski definition) is 3. The summed E-state index contributed by atoms with van der Waals surface area (Å²) in [6, 6.07) is 16.2. The summed E-state index contributed by atoms with van der Waals surface area (Å²) >= 11 is 0. The van der Waals surface area contributed by atoms with Crippen LogP contribution in [0, 0.1) is 0 Å². The lowest BCUT2D eigenvalue weighted by atomic mass is 9.98. The molecule has 5 nitrogen and oxygen atoms in total. The van der Waals surface area contributed by atoms with Gasteiger partial charge < -0.3 is 10.2 Å². The normalized spacial score (nSPS) is 19.2. The number of amidine groups is 1. The van der Waals surface area contributed by atoms with Crippen LogP contribution in [0.1, 0.15) is 11.7 Å². The number of likely N-dealkylation sites (N-methyl/N-ethyl adjacent to an activating group) is 1. The molecule has 2 aromatic rings. The second-order valence-corrected chi connectivity index (χ2v) is 5.30. The van der Waals surface area contributed by atoms with Gasteiger partial charge in [-0.05, 0) is 16.7 Å². The maximum Gasteiger partial charge on any atom is 0.449 e. The van der Waals surface area contributed by atoms with Gasteiger partial charge in [0.25, 0.3) is 0 Å². The topological polar surface area (TPSA) is 72.6 Å². The zero-order valence-corrected chi connectivity index (χ0v) is 12.1. The summed E-state index contributed by atoms with van der Waals surface area (Å²) in [7, 11) is 1.56. The van der Waals surface area contributed by atoms with Gasteiger partial charge in [0.15, 0.2) is 0 Å². The summed E-state index contributed by atoms with van der Waals surface area (Å²) in [6.45, 7) is 0. The molecule has 22 heavy (non-hydrogen) atoms. The van der Waals surface area contributed by atoms with Gasteiger partial charge in [0.2, 0.25) is 6.04 Å². The number of nitrogens with zero attached hydrogens (tertiary/aromatic N) is 1. The van der Waals surface area contributed by atoms with E-state index in [9.17, 15) is 15.0 Å². The minimum atomic E-state index is -1.01. The first-order chi connectivity index (χ1) is 10.6. The summed E-state index contributed by atoms with van der Waals surface area (Å²) in [5, 5.41) is 22.2. The Morgan fingerprint density at radius 3 is 2.18 bits per heavy atom. The van der Waals surface area contributed by atoms with Crippen molar-refractivity contribution >= 4 is 11.9 Å². The van der Waals surface area contributed by atoms with Crippen LogP contribution in [0.2, 0.25) is 0 Å². The predicted molar refractivity (Wildman–Crippen MR) is 82.6 cm³/mol. The van der Waals surface area contributed by atoms with Crippen molar-refractivity contribution in [1.82, 2.24) is 5.32 Å². The largest absolute Gasteiger partial charge is 0.449 e. The highest BCUT2D eigenvalue weighted by molar-refractivity contribution is 5.97. The van der Waals surface area contributed by atoms with Crippen molar-refractivity contribution in [3.8, 4) is 11.1 Å². The monoisotopic (exact) mass is 297 g/mol. The average Bonchev–Trinajstić information content (AvgIpc) is 2.80. The van der Waals surface area contributed by atoms with Crippen LogP contribution in [0.3, 0.4) is 0 Å². The van der Waals surface area contributed by atoms with E-state index < -0.39 is 18.1 Å². The fourth-order valence-electron chi connectivity index (χ4n) is 2.62. The first-order valence-corrected chi connectivity index (χ1v) is 7.01. The average molecular weight is 297 g/mol. The van der Waals surface area contributed by atoms with Crippen LogP contribution in [0.25, 0.3) is 11.1 Å². The zero-order valence-electron chi connectivity index (χ0n) is 12.1. The standard InChI is InChI=1S/C17H16N2O3/c1-19-14(16(21)18-17(19)22)15(20)13-9-7-12(8-10-13)11-5-3-2-4-6-11/h2-10,14-15,20H,1H3,(H,18,21,22)/p+1. The SMILES string of the molecule is C[N+]1=C(O)NC(=O)C1C(O)c1ccc(-c2ccccc2)cc1. The van der Waals surface area contributed by atoms with Crippen molar-refractivity contribution in [2.75, 3.05) is 7.05 Å². The van der Waals surface area contributed by atoms with Crippen molar-refractivity contribution < 1.29 is 19.6 Å². The van der Waals surface area contributed by atoms with Gasteiger partial charge in [0.1, 0.15) is 6.10 Å². The Kier molecular flexibility index (Phi) is 3.65. The van der Waals surface area contributed by atoms with Crippen LogP contribution in [0.15, 0.2) is 54.6 Å². The Morgan fingerprint density at radius 2 is 1.64 bits per heavy atom. The smallest absolute Gasteiger partial charge is 0.447 e. The Balaban J connectivity index is 1.86. The Morgan fingerprint density at radius 1 is 1.05 bits per heavy atom. The molecule has 0 saturated carbocycles. The maximum absolute atomic E-state index is 11.8. The van der Waals surface area contributed by atoms with Gasteiger partial charge in [-0.2, -0.15) is 5.32 Å². The molecule has 2 unspecified atom stereocenters. The highest BCUT2D eigenvalue weighted by Crippen LogP contribution is 2.25. The quantitative estimate of drug-likeness (QED) is 0.751. The minimum Gasteiger partial charge on any atom is -0.447 e. The van der Waals surface area contributed by atoms with Crippen molar-refractivity contribution in [1.29, 1.82) is 0 Å². The Hall–Kier alpha value is -2.66. The molecule has 3 rings (SSSR count). The molecule has 0 aromatic heterocycles. The molecule has 1 heterocycles. The van der Waals surface area contributed by atoms with Crippen LogP contribution in [0.5, 0.6) is 0 Å². The van der Waals surface area contributed by atoms with Gasteiger partial charge in [-0.15, -0.1) is 0 Å². The fourth-order valence-corrected chi connectivity index (χ4v) is 2.62. The molecule has 1 aliphatic heterocycles. The van der Waals surface area contributed by atoms with Crippen LogP contribution >= 0.6 is 0 Å². The van der Waals surface area contributed by atoms with Crippen LogP contribution in [-0.2, 0) is 4.79 Å². The van der Waals surface area contributed by atoms with Gasteiger partial charge in [-0.3, -0.25) is 0 Å². The van der Waals surface area contributed by atoms with Crippen molar-refractivity contribution in [3.63, 3.8) is 0 Å². The van der Waals surface area contributed by atoms with Crippen molar-refractivity contribution in [2.45, 2.75) is 12.1 Å². The first kappa shape index (κ1) is 14.3. The maximum atomic E-state index is 11.8. The third-order valence-corrected chi connectivity index (χ3v) is 3.91. The summed E-state index contributed by atoms with van der Waals surface area (Å²) in [6.07, 6.45) is -1.01. The van der Waals surface area contributed by atoms with E-state index in [1.54, 1.807) is 19.2 Å². The Labute approximate surface area is 128 Å². The van der Waals surface area contributed by atoms with Crippen molar-refractivity contribution in [3.05, 3.63) is 60.2 Å². The van der Waals surface area contributed by atoms with E-state index >= 15 is 0 Å². The molecule has 5 heteroatoms. The molecule has 0 spiro atoms. The first-order valence-electron chi connectivity index (χ1n) is 7.01. The van der Waals surface area contributed by atoms with Gasteiger partial charge in [0, 0.05) is 0 Å². The summed E-state index contributed by atoms with van der Waals surface area (Å²) in [4.78, 5) is 11.8. The van der Waals surface area contributed by atoms with Crippen LogP contribution in [0.4, 0.5) is 0 Å². The van der Waals surface area contributed by atoms with E-state index in [-0.39, 0.29) is 6.02 Å². The second-order valence-electron chi connectivity index (χ2n) is 5.30. The number of benzene rings is 2. The lowest BCUT2D eigenvalue weighted by Gasteiger charge is -2.15. The third kappa shape index (κ3) is 2.46. The van der Waals surface area contributed by atoms with Gasteiger partial charge in [0.05, 0.1) is 7.05 Å². The number of rotatable bonds is 3. The molecular formula is C17H17N2O3+. The van der Waals surface area contributed by atoms with Crippen LogP contribution < -0.4 is 5.32 Å². The molecule has 112 valence electrons. The van der Waals surface area contributed by atoms with E-state index in [4.69, 9.17) is 0 Å². The number of carbonyl (C=O) groups excluding carboxylic acids is 1. The van der Waals surface area contributed by atoms with Crippen LogP contribution in [-0.4, -0.2) is 39.8 Å². The van der Waals surface area contributed by atoms with Gasteiger partial charge in [-0.25, -0.2) is 9.37 Å². The second kappa shape index (κ2) is 5.61. The molecule has 2 aromatic carbocycles.